The molecule has 228 valence electrons. The first-order chi connectivity index (χ1) is 19.0. The van der Waals surface area contributed by atoms with Crippen molar-refractivity contribution in [3.8, 4) is 11.1 Å². The van der Waals surface area contributed by atoms with E-state index in [1.165, 1.54) is 54.5 Å². The van der Waals surface area contributed by atoms with Crippen LogP contribution in [0.2, 0.25) is 0 Å². The van der Waals surface area contributed by atoms with E-state index in [4.69, 9.17) is 0 Å². The van der Waals surface area contributed by atoms with Crippen LogP contribution in [0, 0.1) is 29.6 Å². The van der Waals surface area contributed by atoms with E-state index >= 15 is 0 Å². The summed E-state index contributed by atoms with van der Waals surface area (Å²) in [4.78, 5) is 0. The van der Waals surface area contributed by atoms with Crippen LogP contribution >= 0.6 is 10.0 Å². The molecule has 0 aliphatic heterocycles. The van der Waals surface area contributed by atoms with Gasteiger partial charge in [-0.25, -0.2) is 10.0 Å². The van der Waals surface area contributed by atoms with Gasteiger partial charge in [-0.05, 0) is 134 Å². The minimum absolute atomic E-state index is 0.138. The van der Waals surface area contributed by atoms with Gasteiger partial charge in [-0.3, -0.25) is 0 Å². The van der Waals surface area contributed by atoms with Gasteiger partial charge in [0.05, 0.1) is 0 Å². The Bertz CT molecular complexity index is 1240. The molecule has 1 heteroatoms. The predicted octanol–water partition coefficient (Wildman–Crippen LogP) is 11.4. The van der Waals surface area contributed by atoms with E-state index in [2.05, 4.69) is 114 Å². The van der Waals surface area contributed by atoms with Crippen LogP contribution in [0.4, 0.5) is 0 Å². The molecular formula is C40H62S. The molecule has 0 spiro atoms. The van der Waals surface area contributed by atoms with Crippen molar-refractivity contribution in [3.05, 3.63) is 57.6 Å². The smallest absolute Gasteiger partial charge is 0.0172 e. The summed E-state index contributed by atoms with van der Waals surface area (Å²) < 4.78 is 0. The molecule has 41 heavy (non-hydrogen) atoms. The molecule has 0 saturated heterocycles. The van der Waals surface area contributed by atoms with E-state index in [0.29, 0.717) is 0 Å². The second-order valence-electron chi connectivity index (χ2n) is 17.0. The summed E-state index contributed by atoms with van der Waals surface area (Å²) in [6.07, 6.45) is 9.25. The molecule has 2 aromatic rings. The van der Waals surface area contributed by atoms with Crippen molar-refractivity contribution in [2.75, 3.05) is 12.0 Å². The number of fused-ring (bicyclic) bond motifs is 2. The Morgan fingerprint density at radius 3 is 1.80 bits per heavy atom. The summed E-state index contributed by atoms with van der Waals surface area (Å²) in [6.45, 7) is 29.8. The first kappa shape index (κ1) is 31.2. The van der Waals surface area contributed by atoms with Crippen molar-refractivity contribution >= 4 is 10.0 Å². The van der Waals surface area contributed by atoms with Crippen LogP contribution in [-0.2, 0) is 30.1 Å². The zero-order valence-electron chi connectivity index (χ0n) is 29.0. The number of hydrogen-bond donors (Lipinski definition) is 0. The van der Waals surface area contributed by atoms with E-state index in [9.17, 15) is 0 Å². The van der Waals surface area contributed by atoms with Gasteiger partial charge in [0.2, 0.25) is 0 Å². The molecular weight excluding hydrogens is 513 g/mol. The Kier molecular flexibility index (Phi) is 8.19. The normalized spacial score (nSPS) is 32.1. The second kappa shape index (κ2) is 10.7. The fourth-order valence-electron chi connectivity index (χ4n) is 9.72. The van der Waals surface area contributed by atoms with E-state index < -0.39 is 10.0 Å². The average Bonchev–Trinajstić information content (AvgIpc) is 3.52. The van der Waals surface area contributed by atoms with Crippen molar-refractivity contribution in [2.45, 2.75) is 137 Å². The fourth-order valence-corrected chi connectivity index (χ4v) is 15.9. The number of aryl methyl sites for hydroxylation is 1. The van der Waals surface area contributed by atoms with E-state index in [1.54, 1.807) is 27.8 Å². The van der Waals surface area contributed by atoms with Gasteiger partial charge >= 0.3 is 0 Å². The standard InChI is InChI=1S/C40H62S/c1-14-18-41(13,38-27(5)25(3)26(4)28(38)6)37-24(2)19-34-35(37)22-29-16-15-17-33(29)36(34)30-20-31(39(7,8)9)23-32(21-30)40(10,11)12/h20-28,37-38H,14-19H2,1-13H3. The maximum Gasteiger partial charge on any atom is 0.0172 e. The molecule has 7 atom stereocenters. The largest absolute Gasteiger partial charge is 0.233 e. The van der Waals surface area contributed by atoms with Gasteiger partial charge in [0.15, 0.2) is 0 Å². The molecule has 7 unspecified atom stereocenters. The third kappa shape index (κ3) is 5.17. The summed E-state index contributed by atoms with van der Waals surface area (Å²) in [5, 5.41) is 1.61. The molecule has 0 bridgehead atoms. The molecule has 0 amide bonds. The average molecular weight is 575 g/mol. The molecule has 1 saturated carbocycles. The first-order valence-electron chi connectivity index (χ1n) is 17.1. The van der Waals surface area contributed by atoms with Crippen molar-refractivity contribution in [2.24, 2.45) is 29.6 Å². The third-order valence-electron chi connectivity index (χ3n) is 12.2. The zero-order valence-corrected chi connectivity index (χ0v) is 29.8. The quantitative estimate of drug-likeness (QED) is 0.333. The monoisotopic (exact) mass is 574 g/mol. The Balaban J connectivity index is 1.75. The maximum absolute atomic E-state index is 2.82. The van der Waals surface area contributed by atoms with E-state index in [0.717, 1.165) is 40.1 Å². The lowest BCUT2D eigenvalue weighted by Gasteiger charge is -2.53. The fraction of sp³-hybridized carbons (Fsp3) is 0.700. The van der Waals surface area contributed by atoms with Gasteiger partial charge in [0, 0.05) is 5.25 Å². The summed E-state index contributed by atoms with van der Waals surface area (Å²) in [7, 11) is -0.852. The predicted molar refractivity (Wildman–Crippen MR) is 186 cm³/mol. The maximum atomic E-state index is 2.82. The van der Waals surface area contributed by atoms with Crippen LogP contribution < -0.4 is 0 Å². The van der Waals surface area contributed by atoms with Gasteiger partial charge in [-0.1, -0.05) is 107 Å². The molecule has 2 aromatic carbocycles. The highest BCUT2D eigenvalue weighted by Crippen LogP contribution is 2.73. The summed E-state index contributed by atoms with van der Waals surface area (Å²) in [5.74, 6) is 5.49. The topological polar surface area (TPSA) is 0 Å². The minimum atomic E-state index is -0.852. The minimum Gasteiger partial charge on any atom is -0.233 e. The molecule has 0 heterocycles. The lowest BCUT2D eigenvalue weighted by atomic mass is 9.77. The van der Waals surface area contributed by atoms with Crippen LogP contribution in [0.1, 0.15) is 135 Å². The molecule has 3 aliphatic carbocycles. The lowest BCUT2D eigenvalue weighted by molar-refractivity contribution is 0.352. The molecule has 1 fully saturated rings. The van der Waals surface area contributed by atoms with Crippen molar-refractivity contribution in [3.63, 3.8) is 0 Å². The summed E-state index contributed by atoms with van der Waals surface area (Å²) in [6, 6.07) is 10.5. The summed E-state index contributed by atoms with van der Waals surface area (Å²) in [5.41, 5.74) is 13.3. The molecule has 0 radical (unpaired) electrons. The third-order valence-corrected chi connectivity index (χ3v) is 17.5. The van der Waals surface area contributed by atoms with Crippen LogP contribution in [0.3, 0.4) is 0 Å². The number of rotatable bonds is 5. The highest BCUT2D eigenvalue weighted by atomic mass is 32.3. The lowest BCUT2D eigenvalue weighted by Crippen LogP contribution is -2.33. The molecule has 0 aromatic heterocycles. The Hall–Kier alpha value is -1.21. The SMILES string of the molecule is CCCS(C)(C1c2cc3c(c(-c4cc(C(C)(C)C)cc(C(C)(C)C)c4)c2CC1C)CCC3)C1C(C)C(C)C(C)C1C. The highest BCUT2D eigenvalue weighted by Gasteiger charge is 2.53. The molecule has 0 nitrogen and oxygen atoms in total. The van der Waals surface area contributed by atoms with Crippen LogP contribution in [-0.4, -0.2) is 17.3 Å². The van der Waals surface area contributed by atoms with Crippen molar-refractivity contribution < 1.29 is 0 Å². The van der Waals surface area contributed by atoms with Crippen LogP contribution in [0.5, 0.6) is 0 Å². The molecule has 0 N–H and O–H groups in total. The van der Waals surface area contributed by atoms with Gasteiger partial charge in [0.25, 0.3) is 0 Å². The zero-order chi connectivity index (χ0) is 30.2. The van der Waals surface area contributed by atoms with Gasteiger partial charge in [-0.15, -0.1) is 0 Å². The van der Waals surface area contributed by atoms with E-state index in [1.807, 2.05) is 0 Å². The number of hydrogen-bond acceptors (Lipinski definition) is 0. The van der Waals surface area contributed by atoms with Gasteiger partial charge < -0.3 is 0 Å². The first-order valence-corrected chi connectivity index (χ1v) is 19.4. The Morgan fingerprint density at radius 1 is 0.732 bits per heavy atom. The summed E-state index contributed by atoms with van der Waals surface area (Å²) >= 11 is 0. The number of benzene rings is 2. The van der Waals surface area contributed by atoms with Crippen LogP contribution in [0.15, 0.2) is 24.3 Å². The highest BCUT2D eigenvalue weighted by molar-refractivity contribution is 8.33. The van der Waals surface area contributed by atoms with E-state index in [-0.39, 0.29) is 10.8 Å². The van der Waals surface area contributed by atoms with Gasteiger partial charge in [0.1, 0.15) is 0 Å². The molecule has 5 rings (SSSR count). The van der Waals surface area contributed by atoms with Crippen molar-refractivity contribution in [1.82, 2.24) is 0 Å². The van der Waals surface area contributed by atoms with Crippen molar-refractivity contribution in [1.29, 1.82) is 0 Å². The van der Waals surface area contributed by atoms with Gasteiger partial charge in [-0.2, -0.15) is 0 Å². The Labute approximate surface area is 256 Å². The van der Waals surface area contributed by atoms with Crippen LogP contribution in [0.25, 0.3) is 11.1 Å². The Morgan fingerprint density at radius 2 is 1.29 bits per heavy atom. The molecule has 3 aliphatic rings. The second-order valence-corrected chi connectivity index (χ2v) is 21.0.